The largest absolute Gasteiger partial charge is 0.508 e. The topological polar surface area (TPSA) is 180 Å². The second-order valence-electron chi connectivity index (χ2n) is 23.2. The zero-order valence-corrected chi connectivity index (χ0v) is 54.2. The molecule has 0 amide bonds. The Labute approximate surface area is 575 Å². The van der Waals surface area contributed by atoms with E-state index in [0.717, 1.165) is 116 Å². The molecule has 472 valence electrons. The average molecular weight is 1340 g/mol. The van der Waals surface area contributed by atoms with E-state index in [9.17, 15) is 10.0 Å². The first kappa shape index (κ1) is 63.9. The van der Waals surface area contributed by atoms with Crippen LogP contribution in [0.15, 0.2) is 341 Å². The van der Waals surface area contributed by atoms with Gasteiger partial charge in [-0.3, -0.25) is 9.97 Å². The van der Waals surface area contributed by atoms with Crippen molar-refractivity contribution in [1.82, 2.24) is 9.97 Å². The molecule has 0 bridgehead atoms. The van der Waals surface area contributed by atoms with Gasteiger partial charge in [-0.1, -0.05) is 231 Å². The van der Waals surface area contributed by atoms with Gasteiger partial charge in [0, 0.05) is 49.9 Å². The fraction of sp³-hybridized carbons (Fsp3) is 0. The zero-order chi connectivity index (χ0) is 67.1. The van der Waals surface area contributed by atoms with E-state index in [4.69, 9.17) is 28.9 Å². The Morgan fingerprint density at radius 2 is 0.561 bits per heavy atom. The number of para-hydroxylation sites is 4. The second-order valence-corrected chi connectivity index (χ2v) is 24.1. The third-order valence-corrected chi connectivity index (χ3v) is 17.5. The maximum atomic E-state index is 9.79. The monoisotopic (exact) mass is 1340 g/mol. The van der Waals surface area contributed by atoms with Crippen molar-refractivity contribution in [2.75, 3.05) is 9.80 Å². The standard InChI is InChI=1S/C41H29BN2O3.C36H24BrNO.C5H7B2NO4/c45-42(46)39-25-11-23-37(43-39)36-22-9-20-34-35-21-10-24-38(41(35)47-40(34)36)44(32-18-7-16-30(26-32)28-12-3-1-4-13-28)33-19-8-17-31(27-33)29-14-5-2-6-15-29;37-33-21-9-19-31-32-20-10-22-34(36(32)39-35(31)33)38(29-17-7-15-27(23-29)25-11-3-1-4-12-25)30-18-8-16-28(24-30)26-13-5-2-6-14-26;9-6(10)4-2-1-3-5(8-4)7(11)12/h1-27,45-46H;1-24H;1-3,9-12H. The number of furan rings is 2. The Morgan fingerprint density at radius 3 is 0.949 bits per heavy atom. The maximum Gasteiger partial charge on any atom is 0.508 e. The number of anilines is 6. The predicted molar refractivity (Wildman–Crippen MR) is 403 cm³/mol. The molecule has 0 fully saturated rings. The normalized spacial score (nSPS) is 11.0. The molecule has 12 nitrogen and oxygen atoms in total. The van der Waals surface area contributed by atoms with E-state index >= 15 is 0 Å². The molecule has 4 aromatic heterocycles. The van der Waals surface area contributed by atoms with Gasteiger partial charge in [-0.15, -0.1) is 0 Å². The van der Waals surface area contributed by atoms with Crippen molar-refractivity contribution in [3.05, 3.63) is 332 Å². The first-order valence-electron chi connectivity index (χ1n) is 31.8. The summed E-state index contributed by atoms with van der Waals surface area (Å²) in [7, 11) is -5.05. The van der Waals surface area contributed by atoms with Gasteiger partial charge in [0.25, 0.3) is 0 Å². The third kappa shape index (κ3) is 13.6. The van der Waals surface area contributed by atoms with Crippen LogP contribution in [-0.4, -0.2) is 61.5 Å². The van der Waals surface area contributed by atoms with E-state index in [1.54, 1.807) is 12.1 Å². The quantitative estimate of drug-likeness (QED) is 0.0568. The van der Waals surface area contributed by atoms with Crippen LogP contribution in [0.4, 0.5) is 34.1 Å². The van der Waals surface area contributed by atoms with Gasteiger partial charge >= 0.3 is 21.4 Å². The Kier molecular flexibility index (Phi) is 18.8. The highest BCUT2D eigenvalue weighted by Gasteiger charge is 2.25. The van der Waals surface area contributed by atoms with Crippen LogP contribution in [0.25, 0.3) is 99.6 Å². The van der Waals surface area contributed by atoms with Crippen molar-refractivity contribution in [2.24, 2.45) is 0 Å². The van der Waals surface area contributed by atoms with Crippen LogP contribution in [0.3, 0.4) is 0 Å². The SMILES string of the molecule is Brc1cccc2c1oc1c(N(c3cccc(-c4ccccc4)c3)c3cccc(-c4ccccc4)c3)cccc12.OB(O)c1cccc(-c2cccc3c2oc2c(N(c4cccc(-c5ccccc5)c4)c4cccc(-c5ccccc5)c4)cccc23)n1.OB(O)c1cccc(B(O)O)n1. The third-order valence-electron chi connectivity index (χ3n) is 16.9. The van der Waals surface area contributed by atoms with E-state index in [0.29, 0.717) is 11.3 Å². The van der Waals surface area contributed by atoms with Crippen molar-refractivity contribution < 1.29 is 39.0 Å². The highest BCUT2D eigenvalue weighted by Crippen LogP contribution is 2.47. The number of hydrogen-bond donors (Lipinski definition) is 6. The van der Waals surface area contributed by atoms with Crippen LogP contribution >= 0.6 is 15.9 Å². The second kappa shape index (κ2) is 28.9. The average Bonchev–Trinajstić information content (AvgIpc) is 1.56. The Balaban J connectivity index is 0.000000145. The summed E-state index contributed by atoms with van der Waals surface area (Å²) in [5, 5.41) is 58.3. The van der Waals surface area contributed by atoms with Crippen molar-refractivity contribution in [1.29, 1.82) is 0 Å². The van der Waals surface area contributed by atoms with Crippen LogP contribution in [-0.2, 0) is 0 Å². The van der Waals surface area contributed by atoms with Crippen LogP contribution in [0.2, 0.25) is 0 Å². The van der Waals surface area contributed by atoms with Gasteiger partial charge in [0.1, 0.15) is 11.2 Å². The van der Waals surface area contributed by atoms with Crippen LogP contribution in [0, 0.1) is 0 Å². The molecule has 0 saturated carbocycles. The number of hydrogen-bond acceptors (Lipinski definition) is 12. The molecule has 4 heterocycles. The summed E-state index contributed by atoms with van der Waals surface area (Å²) >= 11 is 3.69. The first-order valence-corrected chi connectivity index (χ1v) is 32.6. The summed E-state index contributed by atoms with van der Waals surface area (Å²) < 4.78 is 14.3. The van der Waals surface area contributed by atoms with Crippen LogP contribution in [0.1, 0.15) is 0 Å². The Hall–Kier alpha value is -11.4. The van der Waals surface area contributed by atoms with E-state index < -0.39 is 21.4 Å². The Bertz CT molecular complexity index is 5270. The molecule has 98 heavy (non-hydrogen) atoms. The van der Waals surface area contributed by atoms with Gasteiger partial charge < -0.3 is 48.8 Å². The van der Waals surface area contributed by atoms with E-state index in [2.05, 4.69) is 297 Å². The lowest BCUT2D eigenvalue weighted by molar-refractivity contribution is 0.421. The molecule has 16 heteroatoms. The lowest BCUT2D eigenvalue weighted by atomic mass is 9.81. The number of rotatable bonds is 14. The molecule has 0 atom stereocenters. The molecule has 0 aliphatic heterocycles. The van der Waals surface area contributed by atoms with Crippen LogP contribution < -0.4 is 26.6 Å². The summed E-state index contributed by atoms with van der Waals surface area (Å²) in [5.41, 5.74) is 19.9. The number of benzene rings is 12. The van der Waals surface area contributed by atoms with E-state index in [1.807, 2.05) is 36.4 Å². The highest BCUT2D eigenvalue weighted by atomic mass is 79.9. The number of aromatic nitrogens is 2. The van der Waals surface area contributed by atoms with E-state index in [-0.39, 0.29) is 16.8 Å². The number of nitrogens with zero attached hydrogens (tertiary/aromatic N) is 4. The van der Waals surface area contributed by atoms with Gasteiger partial charge in [-0.05, 0) is 157 Å². The van der Waals surface area contributed by atoms with Crippen molar-refractivity contribution in [3.8, 4) is 55.8 Å². The van der Waals surface area contributed by atoms with Gasteiger partial charge in [0.05, 0.1) is 38.3 Å². The van der Waals surface area contributed by atoms with Crippen LogP contribution in [0.5, 0.6) is 0 Å². The zero-order valence-electron chi connectivity index (χ0n) is 52.6. The number of halogens is 1. The molecule has 16 rings (SSSR count). The van der Waals surface area contributed by atoms with Crippen molar-refractivity contribution in [2.45, 2.75) is 0 Å². The molecule has 0 saturated heterocycles. The predicted octanol–water partition coefficient (Wildman–Crippen LogP) is 16.7. The smallest absolute Gasteiger partial charge is 0.453 e. The minimum absolute atomic E-state index is 0.0133. The number of fused-ring (bicyclic) bond motifs is 6. The lowest BCUT2D eigenvalue weighted by Gasteiger charge is -2.26. The molecule has 6 N–H and O–H groups in total. The first-order chi connectivity index (χ1) is 48.0. The molecule has 0 unspecified atom stereocenters. The summed E-state index contributed by atoms with van der Waals surface area (Å²) in [4.78, 5) is 12.7. The summed E-state index contributed by atoms with van der Waals surface area (Å²) in [6.07, 6.45) is 0. The molecule has 16 aromatic rings. The summed E-state index contributed by atoms with van der Waals surface area (Å²) in [6, 6.07) is 111. The summed E-state index contributed by atoms with van der Waals surface area (Å²) in [6.45, 7) is 0. The fourth-order valence-electron chi connectivity index (χ4n) is 12.3. The minimum Gasteiger partial charge on any atom is -0.453 e. The molecule has 0 spiro atoms. The van der Waals surface area contributed by atoms with Gasteiger partial charge in [-0.2, -0.15) is 0 Å². The van der Waals surface area contributed by atoms with Crippen molar-refractivity contribution in [3.63, 3.8) is 0 Å². The molecular formula is C82H60B3BrN4O8. The lowest BCUT2D eigenvalue weighted by Crippen LogP contribution is -2.42. The molecule has 0 aliphatic carbocycles. The minimum atomic E-state index is -1.69. The molecule has 0 aliphatic rings. The van der Waals surface area contributed by atoms with Gasteiger partial charge in [-0.25, -0.2) is 0 Å². The molecule has 12 aromatic carbocycles. The Morgan fingerprint density at radius 1 is 0.265 bits per heavy atom. The van der Waals surface area contributed by atoms with E-state index in [1.165, 1.54) is 29.3 Å². The highest BCUT2D eigenvalue weighted by molar-refractivity contribution is 9.10. The molecule has 0 radical (unpaired) electrons. The van der Waals surface area contributed by atoms with Crippen molar-refractivity contribution >= 4 is 132 Å². The van der Waals surface area contributed by atoms with Gasteiger partial charge in [0.2, 0.25) is 0 Å². The summed E-state index contributed by atoms with van der Waals surface area (Å²) in [5.74, 6) is 0. The fourth-order valence-corrected chi connectivity index (χ4v) is 12.8. The maximum absolute atomic E-state index is 9.79. The number of pyridine rings is 2. The molecular weight excluding hydrogens is 1280 g/mol. The van der Waals surface area contributed by atoms with Gasteiger partial charge in [0.15, 0.2) is 11.2 Å².